The van der Waals surface area contributed by atoms with Gasteiger partial charge in [-0.1, -0.05) is 13.0 Å². The van der Waals surface area contributed by atoms with Gasteiger partial charge in [0.25, 0.3) is 0 Å². The number of rotatable bonds is 8. The van der Waals surface area contributed by atoms with Crippen molar-refractivity contribution in [1.29, 1.82) is 0 Å². The van der Waals surface area contributed by atoms with Crippen molar-refractivity contribution in [1.82, 2.24) is 0 Å². The normalized spacial score (nSPS) is 13.8. The summed E-state index contributed by atoms with van der Waals surface area (Å²) in [5.41, 5.74) is 2.25. The number of carbonyl (C=O) groups excluding carboxylic acids is 3. The molecule has 0 saturated carbocycles. The van der Waals surface area contributed by atoms with Gasteiger partial charge in [0.2, 0.25) is 11.8 Å². The van der Waals surface area contributed by atoms with Crippen LogP contribution in [0.4, 0.5) is 10.7 Å². The summed E-state index contributed by atoms with van der Waals surface area (Å²) in [5, 5.41) is 6.03. The molecule has 8 heteroatoms. The zero-order valence-corrected chi connectivity index (χ0v) is 19.7. The zero-order valence-electron chi connectivity index (χ0n) is 18.1. The molecule has 0 saturated heterocycles. The molecular weight excluding hydrogens is 432 g/mol. The number of amides is 2. The highest BCUT2D eigenvalue weighted by atomic mass is 32.2. The van der Waals surface area contributed by atoms with Crippen LogP contribution in [0.5, 0.6) is 0 Å². The van der Waals surface area contributed by atoms with Gasteiger partial charge >= 0.3 is 5.97 Å². The fourth-order valence-corrected chi connectivity index (χ4v) is 5.75. The summed E-state index contributed by atoms with van der Waals surface area (Å²) < 4.78 is 4.98. The molecule has 1 aliphatic rings. The first-order chi connectivity index (χ1) is 14.9. The number of thioether (sulfide) groups is 1. The molecule has 1 aromatic carbocycles. The summed E-state index contributed by atoms with van der Waals surface area (Å²) in [6.07, 6.45) is 5.17. The van der Waals surface area contributed by atoms with E-state index in [-0.39, 0.29) is 17.1 Å². The van der Waals surface area contributed by atoms with Crippen molar-refractivity contribution in [3.05, 3.63) is 40.3 Å². The standard InChI is InChI=1S/C23H28N2O4S2/c1-4-8-19(26)24-15-9-7-10-16(13-15)30-14(2)21(27)25-22-20(23(28)29-3)17-11-5-6-12-18(17)31-22/h7,9-10,13-14H,4-6,8,11-12H2,1-3H3,(H,24,26)(H,25,27). The Kier molecular flexibility index (Phi) is 8.15. The molecule has 0 spiro atoms. The predicted molar refractivity (Wildman–Crippen MR) is 126 cm³/mol. The lowest BCUT2D eigenvalue weighted by Gasteiger charge is -2.14. The van der Waals surface area contributed by atoms with Crippen LogP contribution in [0.3, 0.4) is 0 Å². The molecule has 2 amide bonds. The molecule has 0 aliphatic heterocycles. The van der Waals surface area contributed by atoms with Crippen LogP contribution in [0.25, 0.3) is 0 Å². The van der Waals surface area contributed by atoms with Crippen molar-refractivity contribution in [2.45, 2.75) is 62.5 Å². The number of aryl methyl sites for hydroxylation is 1. The monoisotopic (exact) mass is 460 g/mol. The molecule has 0 fully saturated rings. The number of ether oxygens (including phenoxy) is 1. The number of methoxy groups -OCH3 is 1. The SMILES string of the molecule is CCCC(=O)Nc1cccc(SC(C)C(=O)Nc2sc3c(c2C(=O)OC)CCCC3)c1. The molecule has 31 heavy (non-hydrogen) atoms. The highest BCUT2D eigenvalue weighted by Crippen LogP contribution is 2.39. The van der Waals surface area contributed by atoms with Gasteiger partial charge in [-0.15, -0.1) is 23.1 Å². The Morgan fingerprint density at radius 2 is 1.97 bits per heavy atom. The fourth-order valence-electron chi connectivity index (χ4n) is 3.54. The average molecular weight is 461 g/mol. The zero-order chi connectivity index (χ0) is 22.4. The molecular formula is C23H28N2O4S2. The van der Waals surface area contributed by atoms with Crippen LogP contribution in [0.15, 0.2) is 29.2 Å². The van der Waals surface area contributed by atoms with Gasteiger partial charge in [-0.25, -0.2) is 4.79 Å². The summed E-state index contributed by atoms with van der Waals surface area (Å²) in [6, 6.07) is 7.47. The Morgan fingerprint density at radius 1 is 1.19 bits per heavy atom. The number of hydrogen-bond donors (Lipinski definition) is 2. The second-order valence-corrected chi connectivity index (χ2v) is 10.0. The van der Waals surface area contributed by atoms with E-state index in [1.807, 2.05) is 38.1 Å². The Labute approximate surface area is 191 Å². The van der Waals surface area contributed by atoms with Gasteiger partial charge in [0, 0.05) is 21.9 Å². The number of hydrogen-bond acceptors (Lipinski definition) is 6. The first-order valence-corrected chi connectivity index (χ1v) is 12.2. The fraction of sp³-hybridized carbons (Fsp3) is 0.435. The minimum absolute atomic E-state index is 0.0209. The number of anilines is 2. The summed E-state index contributed by atoms with van der Waals surface area (Å²) in [5.74, 6) is -0.591. The molecule has 3 rings (SSSR count). The lowest BCUT2D eigenvalue weighted by atomic mass is 9.95. The highest BCUT2D eigenvalue weighted by molar-refractivity contribution is 8.00. The van der Waals surface area contributed by atoms with Crippen LogP contribution in [0, 0.1) is 0 Å². The molecule has 0 bridgehead atoms. The van der Waals surface area contributed by atoms with E-state index in [0.717, 1.165) is 53.1 Å². The number of carbonyl (C=O) groups is 3. The van der Waals surface area contributed by atoms with Gasteiger partial charge in [-0.05, 0) is 62.8 Å². The number of fused-ring (bicyclic) bond motifs is 1. The predicted octanol–water partition coefficient (Wildman–Crippen LogP) is 5.27. The molecule has 6 nitrogen and oxygen atoms in total. The molecule has 1 aliphatic carbocycles. The lowest BCUT2D eigenvalue weighted by Crippen LogP contribution is -2.23. The van der Waals surface area contributed by atoms with Crippen molar-refractivity contribution in [3.63, 3.8) is 0 Å². The van der Waals surface area contributed by atoms with Gasteiger partial charge in [0.15, 0.2) is 0 Å². The number of thiophene rings is 1. The number of nitrogens with one attached hydrogen (secondary N) is 2. The molecule has 1 aromatic heterocycles. The minimum atomic E-state index is -0.398. The maximum absolute atomic E-state index is 12.9. The van der Waals surface area contributed by atoms with Crippen LogP contribution in [-0.4, -0.2) is 30.1 Å². The van der Waals surface area contributed by atoms with Crippen molar-refractivity contribution in [2.24, 2.45) is 0 Å². The summed E-state index contributed by atoms with van der Waals surface area (Å²) in [6.45, 7) is 3.79. The van der Waals surface area contributed by atoms with E-state index >= 15 is 0 Å². The maximum Gasteiger partial charge on any atom is 0.341 e. The van der Waals surface area contributed by atoms with Crippen molar-refractivity contribution in [2.75, 3.05) is 17.7 Å². The molecule has 1 unspecified atom stereocenters. The Hall–Kier alpha value is -2.32. The lowest BCUT2D eigenvalue weighted by molar-refractivity contribution is -0.116. The third-order valence-electron chi connectivity index (χ3n) is 5.07. The third-order valence-corrected chi connectivity index (χ3v) is 7.38. The van der Waals surface area contributed by atoms with Crippen molar-refractivity contribution < 1.29 is 19.1 Å². The number of esters is 1. The smallest absolute Gasteiger partial charge is 0.341 e. The van der Waals surface area contributed by atoms with Gasteiger partial charge in [0.1, 0.15) is 5.00 Å². The molecule has 1 heterocycles. The van der Waals surface area contributed by atoms with Crippen LogP contribution in [0.1, 0.15) is 60.3 Å². The van der Waals surface area contributed by atoms with E-state index in [1.54, 1.807) is 0 Å². The van der Waals surface area contributed by atoms with Crippen LogP contribution < -0.4 is 10.6 Å². The van der Waals surface area contributed by atoms with Crippen LogP contribution in [-0.2, 0) is 27.2 Å². The minimum Gasteiger partial charge on any atom is -0.465 e. The second-order valence-electron chi connectivity index (χ2n) is 7.48. The topological polar surface area (TPSA) is 84.5 Å². The first kappa shape index (κ1) is 23.3. The van der Waals surface area contributed by atoms with E-state index < -0.39 is 5.97 Å². The van der Waals surface area contributed by atoms with E-state index in [1.165, 1.54) is 30.2 Å². The Balaban J connectivity index is 1.70. The van der Waals surface area contributed by atoms with Crippen molar-refractivity contribution >= 4 is 51.6 Å². The van der Waals surface area contributed by atoms with Crippen LogP contribution in [0.2, 0.25) is 0 Å². The summed E-state index contributed by atoms with van der Waals surface area (Å²) in [4.78, 5) is 39.2. The van der Waals surface area contributed by atoms with E-state index in [2.05, 4.69) is 10.6 Å². The van der Waals surface area contributed by atoms with E-state index in [9.17, 15) is 14.4 Å². The summed E-state index contributed by atoms with van der Waals surface area (Å²) in [7, 11) is 1.37. The second kappa shape index (κ2) is 10.8. The van der Waals surface area contributed by atoms with Gasteiger partial charge in [-0.3, -0.25) is 9.59 Å². The maximum atomic E-state index is 12.9. The molecule has 166 valence electrons. The molecule has 2 N–H and O–H groups in total. The molecule has 1 atom stereocenters. The summed E-state index contributed by atoms with van der Waals surface area (Å²) >= 11 is 2.89. The average Bonchev–Trinajstić information content (AvgIpc) is 3.11. The molecule has 2 aromatic rings. The Morgan fingerprint density at radius 3 is 2.71 bits per heavy atom. The van der Waals surface area contributed by atoms with Gasteiger partial charge in [-0.2, -0.15) is 0 Å². The van der Waals surface area contributed by atoms with Crippen LogP contribution >= 0.6 is 23.1 Å². The van der Waals surface area contributed by atoms with Crippen molar-refractivity contribution in [3.8, 4) is 0 Å². The largest absolute Gasteiger partial charge is 0.465 e. The quantitative estimate of drug-likeness (QED) is 0.414. The van der Waals surface area contributed by atoms with Gasteiger partial charge < -0.3 is 15.4 Å². The first-order valence-electron chi connectivity index (χ1n) is 10.5. The molecule has 0 radical (unpaired) electrons. The highest BCUT2D eigenvalue weighted by Gasteiger charge is 2.28. The number of benzene rings is 1. The van der Waals surface area contributed by atoms with E-state index in [0.29, 0.717) is 17.0 Å². The third kappa shape index (κ3) is 5.89. The van der Waals surface area contributed by atoms with E-state index in [4.69, 9.17) is 4.74 Å². The van der Waals surface area contributed by atoms with Gasteiger partial charge in [0.05, 0.1) is 17.9 Å². The Bertz CT molecular complexity index is 970.